The van der Waals surface area contributed by atoms with Crippen molar-refractivity contribution >= 4 is 21.6 Å². The van der Waals surface area contributed by atoms with Crippen LogP contribution in [0.3, 0.4) is 0 Å². The molecule has 0 radical (unpaired) electrons. The molecule has 7 heteroatoms. The molecule has 2 aromatic carbocycles. The largest absolute Gasteiger partial charge is 0.324 e. The van der Waals surface area contributed by atoms with Gasteiger partial charge >= 0.3 is 0 Å². The second kappa shape index (κ2) is 10.2. The fourth-order valence-corrected chi connectivity index (χ4v) is 5.51. The molecule has 0 aliphatic carbocycles. The first-order valence-electron chi connectivity index (χ1n) is 10.7. The summed E-state index contributed by atoms with van der Waals surface area (Å²) in [6.07, 6.45) is 2.84. The number of hydrogen-bond acceptors (Lipinski definition) is 4. The van der Waals surface area contributed by atoms with Gasteiger partial charge in [0.1, 0.15) is 6.04 Å². The van der Waals surface area contributed by atoms with Crippen molar-refractivity contribution in [2.75, 3.05) is 31.5 Å². The zero-order chi connectivity index (χ0) is 21.6. The summed E-state index contributed by atoms with van der Waals surface area (Å²) in [5.74, 6) is -0.169. The fraction of sp³-hybridized carbons (Fsp3) is 0.435. The zero-order valence-electron chi connectivity index (χ0n) is 17.8. The maximum atomic E-state index is 13.2. The highest BCUT2D eigenvalue weighted by atomic mass is 32.2. The second-order valence-corrected chi connectivity index (χ2v) is 9.45. The summed E-state index contributed by atoms with van der Waals surface area (Å²) in [5, 5.41) is 2.94. The van der Waals surface area contributed by atoms with E-state index >= 15 is 0 Å². The molecular weight excluding hydrogens is 398 g/mol. The van der Waals surface area contributed by atoms with E-state index in [1.165, 1.54) is 0 Å². The number of nitrogens with zero attached hydrogens (tertiary/aromatic N) is 2. The Morgan fingerprint density at radius 1 is 1.00 bits per heavy atom. The van der Waals surface area contributed by atoms with Gasteiger partial charge in [-0.15, -0.1) is 0 Å². The van der Waals surface area contributed by atoms with E-state index in [2.05, 4.69) is 10.2 Å². The molecule has 1 aliphatic heterocycles. The molecule has 1 saturated heterocycles. The molecule has 0 saturated carbocycles. The van der Waals surface area contributed by atoms with E-state index in [1.807, 2.05) is 44.2 Å². The van der Waals surface area contributed by atoms with E-state index in [-0.39, 0.29) is 10.8 Å². The van der Waals surface area contributed by atoms with Crippen molar-refractivity contribution < 1.29 is 13.2 Å². The van der Waals surface area contributed by atoms with Crippen LogP contribution in [0.5, 0.6) is 0 Å². The van der Waals surface area contributed by atoms with Crippen LogP contribution < -0.4 is 5.32 Å². The summed E-state index contributed by atoms with van der Waals surface area (Å²) in [6, 6.07) is 15.8. The highest BCUT2D eigenvalue weighted by Crippen LogP contribution is 2.25. The van der Waals surface area contributed by atoms with Gasteiger partial charge in [-0.05, 0) is 49.7 Å². The predicted molar refractivity (Wildman–Crippen MR) is 120 cm³/mol. The van der Waals surface area contributed by atoms with Gasteiger partial charge in [-0.2, -0.15) is 4.31 Å². The predicted octanol–water partition coefficient (Wildman–Crippen LogP) is 3.88. The Bertz CT molecular complexity index is 937. The number of nitrogens with one attached hydrogen (secondary N) is 1. The first-order chi connectivity index (χ1) is 14.5. The minimum atomic E-state index is -3.55. The van der Waals surface area contributed by atoms with Crippen molar-refractivity contribution in [3.05, 3.63) is 60.2 Å². The van der Waals surface area contributed by atoms with E-state index in [1.54, 1.807) is 28.6 Å². The number of piperidine rings is 1. The number of amides is 1. The molecule has 1 atom stereocenters. The summed E-state index contributed by atoms with van der Waals surface area (Å²) in [7, 11) is -3.55. The number of rotatable bonds is 8. The van der Waals surface area contributed by atoms with Crippen LogP contribution in [0, 0.1) is 0 Å². The van der Waals surface area contributed by atoms with Gasteiger partial charge in [0.25, 0.3) is 0 Å². The van der Waals surface area contributed by atoms with E-state index < -0.39 is 16.1 Å². The number of sulfonamides is 1. The summed E-state index contributed by atoms with van der Waals surface area (Å²) in [6.45, 7) is 6.62. The van der Waals surface area contributed by atoms with Gasteiger partial charge in [0, 0.05) is 18.8 Å². The van der Waals surface area contributed by atoms with Crippen LogP contribution in [0.15, 0.2) is 59.5 Å². The van der Waals surface area contributed by atoms with Crippen LogP contribution in [0.4, 0.5) is 5.69 Å². The number of carbonyl (C=O) groups is 1. The number of likely N-dealkylation sites (N-methyl/N-ethyl adjacent to an activating group) is 1. The smallest absolute Gasteiger partial charge is 0.246 e. The molecule has 0 spiro atoms. The molecule has 1 unspecified atom stereocenters. The molecule has 1 amide bonds. The Morgan fingerprint density at radius 3 is 2.30 bits per heavy atom. The molecule has 0 bridgehead atoms. The Kier molecular flexibility index (Phi) is 7.64. The standard InChI is InChI=1S/C23H31N3O3S/c1-3-25(4-2)22(19-12-7-5-8-13-19)23(27)24-20-14-11-15-21(18-20)30(28,29)26-16-9-6-10-17-26/h5,7-8,11-15,18,22H,3-4,6,9-10,16-17H2,1-2H3,(H,24,27). The zero-order valence-corrected chi connectivity index (χ0v) is 18.6. The first-order valence-corrected chi connectivity index (χ1v) is 12.1. The SMILES string of the molecule is CCN(CC)C(C(=O)Nc1cccc(S(=O)(=O)N2CCCCC2)c1)c1ccccc1. The third-order valence-corrected chi connectivity index (χ3v) is 7.49. The number of hydrogen-bond donors (Lipinski definition) is 1. The molecular formula is C23H31N3O3S. The summed E-state index contributed by atoms with van der Waals surface area (Å²) < 4.78 is 27.5. The third kappa shape index (κ3) is 5.09. The molecule has 0 aromatic heterocycles. The van der Waals surface area contributed by atoms with Crippen molar-refractivity contribution in [3.63, 3.8) is 0 Å². The van der Waals surface area contributed by atoms with Crippen LogP contribution in [-0.2, 0) is 14.8 Å². The Morgan fingerprint density at radius 2 is 1.67 bits per heavy atom. The second-order valence-electron chi connectivity index (χ2n) is 7.52. The number of anilines is 1. The average molecular weight is 430 g/mol. The molecule has 2 aromatic rings. The number of carbonyl (C=O) groups excluding carboxylic acids is 1. The molecule has 1 heterocycles. The van der Waals surface area contributed by atoms with Gasteiger partial charge in [0.15, 0.2) is 0 Å². The van der Waals surface area contributed by atoms with Crippen molar-refractivity contribution in [3.8, 4) is 0 Å². The monoisotopic (exact) mass is 429 g/mol. The minimum Gasteiger partial charge on any atom is -0.324 e. The maximum Gasteiger partial charge on any atom is 0.246 e. The average Bonchev–Trinajstić information content (AvgIpc) is 2.78. The van der Waals surface area contributed by atoms with Crippen molar-refractivity contribution in [1.29, 1.82) is 0 Å². The molecule has 1 N–H and O–H groups in total. The molecule has 1 fully saturated rings. The maximum absolute atomic E-state index is 13.2. The Hall–Kier alpha value is -2.22. The lowest BCUT2D eigenvalue weighted by molar-refractivity contribution is -0.121. The van der Waals surface area contributed by atoms with Gasteiger partial charge in [-0.3, -0.25) is 9.69 Å². The molecule has 162 valence electrons. The molecule has 30 heavy (non-hydrogen) atoms. The van der Waals surface area contributed by atoms with Crippen LogP contribution in [-0.4, -0.2) is 49.7 Å². The normalized spacial score (nSPS) is 16.4. The van der Waals surface area contributed by atoms with Gasteiger partial charge in [-0.25, -0.2) is 8.42 Å². The fourth-order valence-electron chi connectivity index (χ4n) is 3.95. The third-order valence-electron chi connectivity index (χ3n) is 5.60. The van der Waals surface area contributed by atoms with Gasteiger partial charge in [0.2, 0.25) is 15.9 Å². The summed E-state index contributed by atoms with van der Waals surface area (Å²) in [4.78, 5) is 15.5. The van der Waals surface area contributed by atoms with Crippen molar-refractivity contribution in [1.82, 2.24) is 9.21 Å². The summed E-state index contributed by atoms with van der Waals surface area (Å²) in [5.41, 5.74) is 1.40. The molecule has 1 aliphatic rings. The first kappa shape index (κ1) is 22.5. The highest BCUT2D eigenvalue weighted by molar-refractivity contribution is 7.89. The van der Waals surface area contributed by atoms with Crippen LogP contribution in [0.2, 0.25) is 0 Å². The molecule has 6 nitrogen and oxygen atoms in total. The van der Waals surface area contributed by atoms with E-state index in [0.29, 0.717) is 18.8 Å². The van der Waals surface area contributed by atoms with Gasteiger partial charge in [-0.1, -0.05) is 56.7 Å². The Balaban J connectivity index is 1.84. The number of benzene rings is 2. The van der Waals surface area contributed by atoms with E-state index in [4.69, 9.17) is 0 Å². The summed E-state index contributed by atoms with van der Waals surface area (Å²) >= 11 is 0. The van der Waals surface area contributed by atoms with E-state index in [9.17, 15) is 13.2 Å². The van der Waals surface area contributed by atoms with Crippen molar-refractivity contribution in [2.24, 2.45) is 0 Å². The highest BCUT2D eigenvalue weighted by Gasteiger charge is 2.28. The lowest BCUT2D eigenvalue weighted by Gasteiger charge is -2.29. The van der Waals surface area contributed by atoms with Gasteiger partial charge in [0.05, 0.1) is 4.90 Å². The van der Waals surface area contributed by atoms with Crippen molar-refractivity contribution in [2.45, 2.75) is 44.0 Å². The topological polar surface area (TPSA) is 69.7 Å². The Labute approximate surface area is 179 Å². The lowest BCUT2D eigenvalue weighted by Crippen LogP contribution is -2.37. The van der Waals surface area contributed by atoms with Crippen LogP contribution >= 0.6 is 0 Å². The minimum absolute atomic E-state index is 0.169. The lowest BCUT2D eigenvalue weighted by atomic mass is 10.0. The van der Waals surface area contributed by atoms with Crippen LogP contribution in [0.25, 0.3) is 0 Å². The van der Waals surface area contributed by atoms with E-state index in [0.717, 1.165) is 37.9 Å². The molecule has 3 rings (SSSR count). The quantitative estimate of drug-likeness (QED) is 0.691. The van der Waals surface area contributed by atoms with Crippen LogP contribution in [0.1, 0.15) is 44.7 Å². The van der Waals surface area contributed by atoms with Gasteiger partial charge < -0.3 is 5.32 Å².